The van der Waals surface area contributed by atoms with Crippen LogP contribution in [0.5, 0.6) is 0 Å². The van der Waals surface area contributed by atoms with Crippen LogP contribution >= 0.6 is 39.9 Å². The Morgan fingerprint density at radius 2 is 1.68 bits per heavy atom. The maximum Gasteiger partial charge on any atom is 0.337 e. The molecule has 0 bridgehead atoms. The Morgan fingerprint density at radius 3 is 2.35 bits per heavy atom. The normalized spacial score (nSPS) is 11.1. The van der Waals surface area contributed by atoms with Gasteiger partial charge < -0.3 is 9.30 Å². The van der Waals surface area contributed by atoms with Gasteiger partial charge in [-0.25, -0.2) is 9.79 Å². The molecule has 0 aliphatic rings. The fourth-order valence-electron chi connectivity index (χ4n) is 3.12. The highest BCUT2D eigenvalue weighted by atomic mass is 79.9. The molecule has 0 spiro atoms. The van der Waals surface area contributed by atoms with Crippen LogP contribution in [0.15, 0.2) is 89.2 Å². The summed E-state index contributed by atoms with van der Waals surface area (Å²) < 4.78 is 6.93. The molecule has 1 aromatic heterocycles. The molecular weight excluding hydrogens is 496 g/mol. The van der Waals surface area contributed by atoms with Gasteiger partial charge in [-0.15, -0.1) is 28.3 Å². The molecule has 158 valence electrons. The molecule has 0 radical (unpaired) electrons. The summed E-state index contributed by atoms with van der Waals surface area (Å²) in [6, 6.07) is 25.1. The first kappa shape index (κ1) is 23.0. The van der Waals surface area contributed by atoms with Crippen molar-refractivity contribution in [3.05, 3.63) is 105 Å². The summed E-state index contributed by atoms with van der Waals surface area (Å²) in [4.78, 5) is 17.4. The highest BCUT2D eigenvalue weighted by Gasteiger charge is 2.12. The maximum absolute atomic E-state index is 11.7. The summed E-state index contributed by atoms with van der Waals surface area (Å²) >= 11 is 8.05. The van der Waals surface area contributed by atoms with Crippen molar-refractivity contribution < 1.29 is 9.53 Å². The molecule has 0 fully saturated rings. The molecule has 3 aromatic carbocycles. The fourth-order valence-corrected chi connectivity index (χ4v) is 4.27. The van der Waals surface area contributed by atoms with Crippen LogP contribution in [0.3, 0.4) is 0 Å². The van der Waals surface area contributed by atoms with Gasteiger partial charge in [-0.1, -0.05) is 60.1 Å². The Hall–Kier alpha value is -2.67. The topological polar surface area (TPSA) is 43.6 Å². The van der Waals surface area contributed by atoms with Gasteiger partial charge in [0.1, 0.15) is 0 Å². The molecule has 0 aliphatic heterocycles. The number of benzene rings is 3. The molecule has 0 unspecified atom stereocenters. The van der Waals surface area contributed by atoms with E-state index in [1.807, 2.05) is 66.7 Å². The predicted octanol–water partition coefficient (Wildman–Crippen LogP) is 6.52. The van der Waals surface area contributed by atoms with E-state index in [9.17, 15) is 4.79 Å². The fraction of sp³-hybridized carbons (Fsp3) is 0.0833. The summed E-state index contributed by atoms with van der Waals surface area (Å²) in [5.41, 5.74) is 4.41. The molecule has 1 heterocycles. The summed E-state index contributed by atoms with van der Waals surface area (Å²) in [7, 11) is 1.38. The first-order chi connectivity index (χ1) is 14.7. The number of carbonyl (C=O) groups excluding carboxylic acids is 1. The van der Waals surface area contributed by atoms with Crippen molar-refractivity contribution in [3.63, 3.8) is 0 Å². The highest BCUT2D eigenvalue weighted by Crippen LogP contribution is 2.28. The monoisotopic (exact) mass is 514 g/mol. The van der Waals surface area contributed by atoms with E-state index < -0.39 is 0 Å². The number of rotatable bonds is 5. The highest BCUT2D eigenvalue weighted by molar-refractivity contribution is 8.93. The number of hydrogen-bond acceptors (Lipinski definition) is 4. The lowest BCUT2D eigenvalue weighted by atomic mass is 10.1. The van der Waals surface area contributed by atoms with Gasteiger partial charge in [-0.3, -0.25) is 0 Å². The van der Waals surface area contributed by atoms with E-state index in [4.69, 9.17) is 21.3 Å². The largest absolute Gasteiger partial charge is 0.465 e. The smallest absolute Gasteiger partial charge is 0.337 e. The van der Waals surface area contributed by atoms with Gasteiger partial charge in [0.2, 0.25) is 0 Å². The molecule has 7 heteroatoms. The minimum absolute atomic E-state index is 0. The van der Waals surface area contributed by atoms with Crippen LogP contribution < -0.4 is 4.80 Å². The first-order valence-electron chi connectivity index (χ1n) is 9.36. The van der Waals surface area contributed by atoms with Crippen LogP contribution in [0.2, 0.25) is 5.02 Å². The second kappa shape index (κ2) is 10.6. The zero-order valence-corrected chi connectivity index (χ0v) is 20.0. The number of esters is 1. The average Bonchev–Trinajstić information content (AvgIpc) is 3.16. The zero-order valence-electron chi connectivity index (χ0n) is 16.7. The van der Waals surface area contributed by atoms with Crippen LogP contribution in [-0.4, -0.2) is 17.6 Å². The Labute approximate surface area is 200 Å². The van der Waals surface area contributed by atoms with Crippen molar-refractivity contribution in [2.24, 2.45) is 4.99 Å². The number of nitrogens with zero attached hydrogens (tertiary/aromatic N) is 2. The molecule has 0 amide bonds. The van der Waals surface area contributed by atoms with E-state index in [0.717, 1.165) is 27.3 Å². The number of carbonyl (C=O) groups is 1. The van der Waals surface area contributed by atoms with E-state index >= 15 is 0 Å². The van der Waals surface area contributed by atoms with E-state index in [1.54, 1.807) is 23.5 Å². The third-order valence-corrected chi connectivity index (χ3v) is 5.84. The Bertz CT molecular complexity index is 1230. The third kappa shape index (κ3) is 5.34. The van der Waals surface area contributed by atoms with E-state index in [2.05, 4.69) is 9.95 Å². The Morgan fingerprint density at radius 1 is 1.00 bits per heavy atom. The van der Waals surface area contributed by atoms with E-state index in [1.165, 1.54) is 7.11 Å². The lowest BCUT2D eigenvalue weighted by Crippen LogP contribution is -2.17. The van der Waals surface area contributed by atoms with E-state index in [0.29, 0.717) is 17.1 Å². The molecule has 4 aromatic rings. The van der Waals surface area contributed by atoms with Crippen LogP contribution in [0.1, 0.15) is 15.9 Å². The first-order valence-corrected chi connectivity index (χ1v) is 10.6. The number of para-hydroxylation sites is 1. The lowest BCUT2D eigenvalue weighted by Gasteiger charge is -2.11. The summed E-state index contributed by atoms with van der Waals surface area (Å²) in [5.74, 6) is -0.346. The van der Waals surface area contributed by atoms with Gasteiger partial charge in [0, 0.05) is 16.0 Å². The van der Waals surface area contributed by atoms with Crippen LogP contribution in [0.25, 0.3) is 11.3 Å². The Kier molecular flexibility index (Phi) is 7.85. The minimum Gasteiger partial charge on any atom is -0.465 e. The summed E-state index contributed by atoms with van der Waals surface area (Å²) in [6.07, 6.45) is 0. The molecule has 4 nitrogen and oxygen atoms in total. The lowest BCUT2D eigenvalue weighted by molar-refractivity contribution is 0.0600. The van der Waals surface area contributed by atoms with Gasteiger partial charge in [0.15, 0.2) is 4.80 Å². The van der Waals surface area contributed by atoms with Crippen LogP contribution in [0.4, 0.5) is 5.69 Å². The SMILES string of the molecule is Br.COC(=O)c1ccc(Cn2c(-c3ccccc3Cl)csc2=Nc2ccccc2)cc1. The van der Waals surface area contributed by atoms with Gasteiger partial charge in [-0.2, -0.15) is 0 Å². The van der Waals surface area contributed by atoms with Crippen molar-refractivity contribution >= 4 is 51.6 Å². The molecule has 0 atom stereocenters. The van der Waals surface area contributed by atoms with Gasteiger partial charge >= 0.3 is 5.97 Å². The molecule has 0 aliphatic carbocycles. The maximum atomic E-state index is 11.7. The number of thiazole rings is 1. The van der Waals surface area contributed by atoms with Gasteiger partial charge in [0.25, 0.3) is 0 Å². The number of ether oxygens (including phenoxy) is 1. The minimum atomic E-state index is -0.346. The predicted molar refractivity (Wildman–Crippen MR) is 132 cm³/mol. The van der Waals surface area contributed by atoms with Crippen molar-refractivity contribution in [1.82, 2.24) is 4.57 Å². The molecular formula is C24H20BrClN2O2S. The Balaban J connectivity index is 0.00000272. The second-order valence-electron chi connectivity index (χ2n) is 6.61. The quantitative estimate of drug-likeness (QED) is 0.284. The third-order valence-electron chi connectivity index (χ3n) is 4.64. The molecule has 0 saturated carbocycles. The summed E-state index contributed by atoms with van der Waals surface area (Å²) in [6.45, 7) is 0.594. The van der Waals surface area contributed by atoms with Gasteiger partial charge in [0.05, 0.1) is 30.6 Å². The molecule has 0 saturated heterocycles. The average molecular weight is 516 g/mol. The van der Waals surface area contributed by atoms with Crippen molar-refractivity contribution in [3.8, 4) is 11.3 Å². The number of methoxy groups -OCH3 is 1. The van der Waals surface area contributed by atoms with E-state index in [-0.39, 0.29) is 23.0 Å². The van der Waals surface area contributed by atoms with Crippen LogP contribution in [-0.2, 0) is 11.3 Å². The molecule has 31 heavy (non-hydrogen) atoms. The van der Waals surface area contributed by atoms with Gasteiger partial charge in [-0.05, 0) is 35.9 Å². The molecule has 4 rings (SSSR count). The zero-order chi connectivity index (χ0) is 20.9. The van der Waals surface area contributed by atoms with Crippen molar-refractivity contribution in [2.45, 2.75) is 6.54 Å². The van der Waals surface area contributed by atoms with Crippen molar-refractivity contribution in [2.75, 3.05) is 7.11 Å². The number of halogens is 2. The van der Waals surface area contributed by atoms with Crippen LogP contribution in [0, 0.1) is 0 Å². The second-order valence-corrected chi connectivity index (χ2v) is 7.85. The number of aromatic nitrogens is 1. The van der Waals surface area contributed by atoms with Crippen molar-refractivity contribution in [1.29, 1.82) is 0 Å². The summed E-state index contributed by atoms with van der Waals surface area (Å²) in [5, 5.41) is 2.77. The molecule has 0 N–H and O–H groups in total. The number of hydrogen-bond donors (Lipinski definition) is 0. The standard InChI is InChI=1S/C24H19ClN2O2S.BrH/c1-29-23(28)18-13-11-17(12-14-18)15-27-22(20-9-5-6-10-21(20)25)16-30-24(27)26-19-7-3-2-4-8-19;/h2-14,16H,15H2,1H3;1H.